The van der Waals surface area contributed by atoms with Crippen LogP contribution in [0.1, 0.15) is 32.0 Å². The van der Waals surface area contributed by atoms with Crippen molar-refractivity contribution in [1.29, 1.82) is 0 Å². The second-order valence-corrected chi connectivity index (χ2v) is 5.05. The van der Waals surface area contributed by atoms with E-state index >= 15 is 0 Å². The van der Waals surface area contributed by atoms with Crippen LogP contribution in [0.3, 0.4) is 0 Å². The van der Waals surface area contributed by atoms with Crippen molar-refractivity contribution in [2.24, 2.45) is 5.92 Å². The molecule has 2 heterocycles. The molecule has 0 radical (unpaired) electrons. The van der Waals surface area contributed by atoms with E-state index in [9.17, 15) is 4.79 Å². The van der Waals surface area contributed by atoms with Crippen molar-refractivity contribution in [2.75, 3.05) is 19.6 Å². The van der Waals surface area contributed by atoms with Crippen molar-refractivity contribution in [2.45, 2.75) is 32.7 Å². The number of H-pyrrole nitrogens is 1. The fourth-order valence-corrected chi connectivity index (χ4v) is 2.58. The Hall–Kier alpha value is -1.36. The molecule has 18 heavy (non-hydrogen) atoms. The van der Waals surface area contributed by atoms with Gasteiger partial charge in [-0.3, -0.25) is 9.69 Å². The molecule has 0 saturated carbocycles. The summed E-state index contributed by atoms with van der Waals surface area (Å²) in [5.41, 5.74) is 0. The van der Waals surface area contributed by atoms with Crippen LogP contribution in [0.2, 0.25) is 0 Å². The number of carbonyl (C=O) groups excluding carboxylic acids is 1. The molecule has 1 aliphatic rings. The molecular formula is C13H22N4O. The van der Waals surface area contributed by atoms with Gasteiger partial charge in [0.1, 0.15) is 5.82 Å². The first-order valence-corrected chi connectivity index (χ1v) is 6.69. The monoisotopic (exact) mass is 250 g/mol. The fraction of sp³-hybridized carbons (Fsp3) is 0.692. The van der Waals surface area contributed by atoms with Crippen molar-refractivity contribution >= 4 is 5.91 Å². The molecule has 0 aromatic carbocycles. The lowest BCUT2D eigenvalue weighted by Gasteiger charge is -2.32. The van der Waals surface area contributed by atoms with Gasteiger partial charge in [0, 0.05) is 32.4 Å². The summed E-state index contributed by atoms with van der Waals surface area (Å²) in [6, 6.07) is 0. The molecule has 1 aliphatic heterocycles. The van der Waals surface area contributed by atoms with E-state index in [0.29, 0.717) is 5.92 Å². The Morgan fingerprint density at radius 3 is 3.28 bits per heavy atom. The maximum absolute atomic E-state index is 10.8. The quantitative estimate of drug-likeness (QED) is 0.824. The Kier molecular flexibility index (Phi) is 4.75. The summed E-state index contributed by atoms with van der Waals surface area (Å²) in [6.07, 6.45) is 7.26. The molecule has 0 aliphatic carbocycles. The summed E-state index contributed by atoms with van der Waals surface area (Å²) in [7, 11) is 0. The predicted molar refractivity (Wildman–Crippen MR) is 69.9 cm³/mol. The third-order valence-corrected chi connectivity index (χ3v) is 3.46. The van der Waals surface area contributed by atoms with Crippen LogP contribution >= 0.6 is 0 Å². The molecule has 1 aromatic rings. The van der Waals surface area contributed by atoms with Gasteiger partial charge in [-0.05, 0) is 31.7 Å². The Bertz CT molecular complexity index is 363. The van der Waals surface area contributed by atoms with Gasteiger partial charge in [-0.15, -0.1) is 0 Å². The second-order valence-electron chi connectivity index (χ2n) is 5.05. The number of hydrogen-bond donors (Lipinski definition) is 2. The first kappa shape index (κ1) is 13.1. The van der Waals surface area contributed by atoms with Crippen LogP contribution in [0.15, 0.2) is 12.4 Å². The predicted octanol–water partition coefficient (Wildman–Crippen LogP) is 1.15. The highest BCUT2D eigenvalue weighted by Crippen LogP contribution is 2.20. The number of piperidine rings is 1. The molecule has 100 valence electrons. The van der Waals surface area contributed by atoms with Gasteiger partial charge < -0.3 is 10.3 Å². The molecule has 1 amide bonds. The maximum Gasteiger partial charge on any atom is 0.216 e. The highest BCUT2D eigenvalue weighted by atomic mass is 16.1. The Labute approximate surface area is 108 Å². The van der Waals surface area contributed by atoms with Crippen LogP contribution in [-0.4, -0.2) is 40.4 Å². The van der Waals surface area contributed by atoms with Crippen molar-refractivity contribution in [3.05, 3.63) is 18.2 Å². The van der Waals surface area contributed by atoms with Crippen LogP contribution in [0.4, 0.5) is 0 Å². The van der Waals surface area contributed by atoms with Gasteiger partial charge in [0.05, 0.1) is 6.54 Å². The van der Waals surface area contributed by atoms with Crippen molar-refractivity contribution in [3.63, 3.8) is 0 Å². The summed E-state index contributed by atoms with van der Waals surface area (Å²) in [4.78, 5) is 20.7. The number of aromatic amines is 1. The van der Waals surface area contributed by atoms with Crippen LogP contribution in [-0.2, 0) is 11.3 Å². The standard InChI is InChI=1S/C13H22N4O/c1-11(18)14-5-4-12-3-2-8-17(9-12)10-13-15-6-7-16-13/h6-7,12H,2-5,8-10H2,1H3,(H,14,18)(H,15,16)/t12-/m0/s1. The summed E-state index contributed by atoms with van der Waals surface area (Å²) in [6.45, 7) is 5.54. The van der Waals surface area contributed by atoms with E-state index in [0.717, 1.165) is 38.4 Å². The third kappa shape index (κ3) is 4.14. The molecule has 1 fully saturated rings. The van der Waals surface area contributed by atoms with E-state index in [1.165, 1.54) is 12.8 Å². The number of imidazole rings is 1. The van der Waals surface area contributed by atoms with E-state index in [1.54, 1.807) is 13.1 Å². The zero-order valence-corrected chi connectivity index (χ0v) is 11.0. The van der Waals surface area contributed by atoms with Crippen molar-refractivity contribution < 1.29 is 4.79 Å². The third-order valence-electron chi connectivity index (χ3n) is 3.46. The Morgan fingerprint density at radius 2 is 2.56 bits per heavy atom. The summed E-state index contributed by atoms with van der Waals surface area (Å²) in [5, 5.41) is 2.88. The molecular weight excluding hydrogens is 228 g/mol. The highest BCUT2D eigenvalue weighted by Gasteiger charge is 2.20. The summed E-state index contributed by atoms with van der Waals surface area (Å²) in [5.74, 6) is 1.80. The number of amides is 1. The van der Waals surface area contributed by atoms with Gasteiger partial charge in [0.2, 0.25) is 5.91 Å². The number of rotatable bonds is 5. The number of likely N-dealkylation sites (tertiary alicyclic amines) is 1. The normalized spacial score (nSPS) is 20.8. The lowest BCUT2D eigenvalue weighted by atomic mass is 9.95. The zero-order valence-electron chi connectivity index (χ0n) is 11.0. The average Bonchev–Trinajstić information content (AvgIpc) is 2.82. The van der Waals surface area contributed by atoms with Gasteiger partial charge in [-0.2, -0.15) is 0 Å². The lowest BCUT2D eigenvalue weighted by Crippen LogP contribution is -2.36. The molecule has 1 saturated heterocycles. The minimum absolute atomic E-state index is 0.0678. The largest absolute Gasteiger partial charge is 0.356 e. The minimum Gasteiger partial charge on any atom is -0.356 e. The van der Waals surface area contributed by atoms with Gasteiger partial charge >= 0.3 is 0 Å². The second kappa shape index (κ2) is 6.54. The number of aromatic nitrogens is 2. The number of carbonyl (C=O) groups is 1. The van der Waals surface area contributed by atoms with Crippen LogP contribution in [0.25, 0.3) is 0 Å². The lowest BCUT2D eigenvalue weighted by molar-refractivity contribution is -0.119. The molecule has 0 unspecified atom stereocenters. The Morgan fingerprint density at radius 1 is 1.67 bits per heavy atom. The molecule has 1 atom stereocenters. The van der Waals surface area contributed by atoms with Crippen LogP contribution in [0.5, 0.6) is 0 Å². The van der Waals surface area contributed by atoms with Gasteiger partial charge in [0.25, 0.3) is 0 Å². The Balaban J connectivity index is 1.72. The van der Waals surface area contributed by atoms with Crippen LogP contribution < -0.4 is 5.32 Å². The fourth-order valence-electron chi connectivity index (χ4n) is 2.58. The number of nitrogens with zero attached hydrogens (tertiary/aromatic N) is 2. The van der Waals surface area contributed by atoms with E-state index in [-0.39, 0.29) is 5.91 Å². The zero-order chi connectivity index (χ0) is 12.8. The maximum atomic E-state index is 10.8. The van der Waals surface area contributed by atoms with Gasteiger partial charge in [-0.1, -0.05) is 0 Å². The highest BCUT2D eigenvalue weighted by molar-refractivity contribution is 5.72. The van der Waals surface area contributed by atoms with E-state index < -0.39 is 0 Å². The summed E-state index contributed by atoms with van der Waals surface area (Å²) >= 11 is 0. The molecule has 2 N–H and O–H groups in total. The molecule has 5 heteroatoms. The summed E-state index contributed by atoms with van der Waals surface area (Å²) < 4.78 is 0. The van der Waals surface area contributed by atoms with Crippen molar-refractivity contribution in [3.8, 4) is 0 Å². The smallest absolute Gasteiger partial charge is 0.216 e. The molecule has 1 aromatic heterocycles. The van der Waals surface area contributed by atoms with Crippen molar-refractivity contribution in [1.82, 2.24) is 20.2 Å². The number of hydrogen-bond acceptors (Lipinski definition) is 3. The first-order valence-electron chi connectivity index (χ1n) is 6.69. The SMILES string of the molecule is CC(=O)NCC[C@@H]1CCCN(Cc2ncc[nH]2)C1. The van der Waals surface area contributed by atoms with E-state index in [2.05, 4.69) is 20.2 Å². The van der Waals surface area contributed by atoms with Crippen LogP contribution in [0, 0.1) is 5.92 Å². The van der Waals surface area contributed by atoms with Gasteiger partial charge in [-0.25, -0.2) is 4.98 Å². The first-order chi connectivity index (χ1) is 8.74. The molecule has 5 nitrogen and oxygen atoms in total. The average molecular weight is 250 g/mol. The van der Waals surface area contributed by atoms with E-state index in [1.807, 2.05) is 6.20 Å². The molecule has 0 bridgehead atoms. The molecule has 0 spiro atoms. The topological polar surface area (TPSA) is 61.0 Å². The molecule has 2 rings (SSSR count). The van der Waals surface area contributed by atoms with Gasteiger partial charge in [0.15, 0.2) is 0 Å². The minimum atomic E-state index is 0.0678. The van der Waals surface area contributed by atoms with E-state index in [4.69, 9.17) is 0 Å². The number of nitrogens with one attached hydrogen (secondary N) is 2.